The fraction of sp³-hybridized carbons (Fsp3) is 0.579. The van der Waals surface area contributed by atoms with Gasteiger partial charge in [-0.3, -0.25) is 4.79 Å². The van der Waals surface area contributed by atoms with Crippen LogP contribution in [0.1, 0.15) is 42.4 Å². The number of aryl methyl sites for hydroxylation is 3. The minimum absolute atomic E-state index is 0.00762. The van der Waals surface area contributed by atoms with Crippen LogP contribution in [0, 0.1) is 25.7 Å². The van der Waals surface area contributed by atoms with Gasteiger partial charge in [0.25, 0.3) is 0 Å². The lowest BCUT2D eigenvalue weighted by molar-refractivity contribution is -0.149. The van der Waals surface area contributed by atoms with Crippen LogP contribution in [0.15, 0.2) is 18.2 Å². The highest BCUT2D eigenvalue weighted by molar-refractivity contribution is 5.85. The molecule has 4 heteroatoms. The van der Waals surface area contributed by atoms with E-state index in [9.17, 15) is 14.7 Å². The third-order valence-corrected chi connectivity index (χ3v) is 5.57. The Morgan fingerprint density at radius 1 is 1.26 bits per heavy atom. The second-order valence-corrected chi connectivity index (χ2v) is 7.11. The van der Waals surface area contributed by atoms with Crippen LogP contribution in [-0.2, 0) is 16.0 Å². The summed E-state index contributed by atoms with van der Waals surface area (Å²) in [4.78, 5) is 25.9. The average Bonchev–Trinajstić information content (AvgIpc) is 3.05. The fourth-order valence-corrected chi connectivity index (χ4v) is 4.39. The smallest absolute Gasteiger partial charge is 0.326 e. The first-order chi connectivity index (χ1) is 11.0. The van der Waals surface area contributed by atoms with Gasteiger partial charge >= 0.3 is 5.97 Å². The van der Waals surface area contributed by atoms with Crippen molar-refractivity contribution in [2.24, 2.45) is 11.8 Å². The molecule has 0 radical (unpaired) electrons. The number of likely N-dealkylation sites (tertiary alicyclic amines) is 1. The Balaban J connectivity index is 1.66. The zero-order chi connectivity index (χ0) is 16.6. The summed E-state index contributed by atoms with van der Waals surface area (Å²) in [6, 6.07) is 5.66. The van der Waals surface area contributed by atoms with Gasteiger partial charge in [-0.2, -0.15) is 0 Å². The number of fused-ring (bicyclic) bond motifs is 1. The lowest BCUT2D eigenvalue weighted by atomic mass is 9.94. The average molecular weight is 315 g/mol. The van der Waals surface area contributed by atoms with Gasteiger partial charge in [-0.15, -0.1) is 0 Å². The Kier molecular flexibility index (Phi) is 4.42. The molecule has 1 saturated carbocycles. The van der Waals surface area contributed by atoms with Gasteiger partial charge in [-0.25, -0.2) is 4.79 Å². The van der Waals surface area contributed by atoms with Gasteiger partial charge in [0.05, 0.1) is 0 Å². The summed E-state index contributed by atoms with van der Waals surface area (Å²) in [6.07, 6.45) is 4.19. The first kappa shape index (κ1) is 16.0. The molecule has 1 amide bonds. The number of carbonyl (C=O) groups is 2. The number of amides is 1. The molecule has 3 atom stereocenters. The molecule has 1 aromatic rings. The molecule has 124 valence electrons. The molecule has 0 aromatic heterocycles. The summed E-state index contributed by atoms with van der Waals surface area (Å²) in [6.45, 7) is 4.75. The summed E-state index contributed by atoms with van der Waals surface area (Å²) < 4.78 is 0. The quantitative estimate of drug-likeness (QED) is 0.929. The molecule has 1 N–H and O–H groups in total. The van der Waals surface area contributed by atoms with Crippen molar-refractivity contribution in [3.05, 3.63) is 34.9 Å². The predicted octanol–water partition coefficient (Wildman–Crippen LogP) is 2.95. The highest BCUT2D eigenvalue weighted by Gasteiger charge is 2.49. The summed E-state index contributed by atoms with van der Waals surface area (Å²) in [5, 5.41) is 9.55. The lowest BCUT2D eigenvalue weighted by Gasteiger charge is -2.24. The number of carboxylic acid groups (broad SMARTS) is 1. The lowest BCUT2D eigenvalue weighted by Crippen LogP contribution is -2.43. The van der Waals surface area contributed by atoms with E-state index in [-0.39, 0.29) is 11.8 Å². The summed E-state index contributed by atoms with van der Waals surface area (Å²) in [7, 11) is 0. The number of rotatable bonds is 4. The molecule has 1 aliphatic heterocycles. The van der Waals surface area contributed by atoms with E-state index in [2.05, 4.69) is 32.0 Å². The van der Waals surface area contributed by atoms with Crippen molar-refractivity contribution < 1.29 is 14.7 Å². The maximum absolute atomic E-state index is 12.6. The van der Waals surface area contributed by atoms with E-state index in [1.807, 2.05) is 0 Å². The maximum atomic E-state index is 12.6. The number of carbonyl (C=O) groups excluding carboxylic acids is 1. The van der Waals surface area contributed by atoms with Gasteiger partial charge in [0.1, 0.15) is 6.04 Å². The molecule has 3 rings (SSSR count). The van der Waals surface area contributed by atoms with Crippen LogP contribution in [0.3, 0.4) is 0 Å². The topological polar surface area (TPSA) is 57.6 Å². The molecule has 1 heterocycles. The molecule has 1 saturated heterocycles. The van der Waals surface area contributed by atoms with Crippen molar-refractivity contribution in [2.45, 2.75) is 52.0 Å². The largest absolute Gasteiger partial charge is 0.480 e. The predicted molar refractivity (Wildman–Crippen MR) is 88.2 cm³/mol. The zero-order valence-corrected chi connectivity index (χ0v) is 13.9. The van der Waals surface area contributed by atoms with Crippen molar-refractivity contribution in [3.8, 4) is 0 Å². The highest BCUT2D eigenvalue weighted by atomic mass is 16.4. The van der Waals surface area contributed by atoms with Crippen LogP contribution in [0.25, 0.3) is 0 Å². The third kappa shape index (κ3) is 3.12. The van der Waals surface area contributed by atoms with Gasteiger partial charge in [-0.1, -0.05) is 30.2 Å². The molecule has 0 bridgehead atoms. The van der Waals surface area contributed by atoms with Crippen molar-refractivity contribution in [1.82, 2.24) is 4.90 Å². The summed E-state index contributed by atoms with van der Waals surface area (Å²) in [5.41, 5.74) is 3.59. The summed E-state index contributed by atoms with van der Waals surface area (Å²) >= 11 is 0. The van der Waals surface area contributed by atoms with Crippen LogP contribution in [0.2, 0.25) is 0 Å². The van der Waals surface area contributed by atoms with E-state index >= 15 is 0 Å². The molecule has 2 aliphatic rings. The number of nitrogens with zero attached hydrogens (tertiary/aromatic N) is 1. The van der Waals surface area contributed by atoms with Crippen molar-refractivity contribution in [2.75, 3.05) is 6.54 Å². The number of hydrogen-bond acceptors (Lipinski definition) is 2. The molecule has 1 aliphatic carbocycles. The van der Waals surface area contributed by atoms with E-state index in [0.717, 1.165) is 19.3 Å². The van der Waals surface area contributed by atoms with Gasteiger partial charge < -0.3 is 10.0 Å². The van der Waals surface area contributed by atoms with E-state index in [4.69, 9.17) is 0 Å². The maximum Gasteiger partial charge on any atom is 0.326 e. The number of carboxylic acids is 1. The fourth-order valence-electron chi connectivity index (χ4n) is 4.39. The SMILES string of the molecule is Cc1ccc(CCC(=O)N2CC3CCCC3C2C(=O)O)c(C)c1. The number of benzene rings is 1. The van der Waals surface area contributed by atoms with Crippen molar-refractivity contribution >= 4 is 11.9 Å². The second kappa shape index (κ2) is 6.34. The van der Waals surface area contributed by atoms with Crippen LogP contribution < -0.4 is 0 Å². The zero-order valence-electron chi connectivity index (χ0n) is 13.9. The van der Waals surface area contributed by atoms with E-state index in [1.165, 1.54) is 16.7 Å². The van der Waals surface area contributed by atoms with Gasteiger partial charge in [0, 0.05) is 13.0 Å². The molecular formula is C19H25NO3. The third-order valence-electron chi connectivity index (χ3n) is 5.57. The molecule has 3 unspecified atom stereocenters. The molecule has 23 heavy (non-hydrogen) atoms. The Morgan fingerprint density at radius 3 is 2.74 bits per heavy atom. The van der Waals surface area contributed by atoms with Gasteiger partial charge in [-0.05, 0) is 56.1 Å². The Hall–Kier alpha value is -1.84. The van der Waals surface area contributed by atoms with Gasteiger partial charge in [0.15, 0.2) is 0 Å². The Bertz CT molecular complexity index is 625. The van der Waals surface area contributed by atoms with Crippen molar-refractivity contribution in [3.63, 3.8) is 0 Å². The second-order valence-electron chi connectivity index (χ2n) is 7.11. The first-order valence-electron chi connectivity index (χ1n) is 8.56. The van der Waals surface area contributed by atoms with Crippen LogP contribution in [0.5, 0.6) is 0 Å². The Morgan fingerprint density at radius 2 is 2.04 bits per heavy atom. The Labute approximate surface area is 137 Å². The van der Waals surface area contributed by atoms with Gasteiger partial charge in [0.2, 0.25) is 5.91 Å². The standard InChI is InChI=1S/C19H25NO3/c1-12-6-7-14(13(2)10-12)8-9-17(21)20-11-15-4-3-5-16(15)18(20)19(22)23/h6-7,10,15-16,18H,3-5,8-9,11H2,1-2H3,(H,22,23). The molecule has 2 fully saturated rings. The number of aliphatic carboxylic acids is 1. The summed E-state index contributed by atoms with van der Waals surface area (Å²) in [5.74, 6) is -0.287. The van der Waals surface area contributed by atoms with E-state index in [1.54, 1.807) is 4.90 Å². The number of hydrogen-bond donors (Lipinski definition) is 1. The van der Waals surface area contributed by atoms with E-state index in [0.29, 0.717) is 25.3 Å². The monoisotopic (exact) mass is 315 g/mol. The minimum Gasteiger partial charge on any atom is -0.480 e. The van der Waals surface area contributed by atoms with Crippen LogP contribution >= 0.6 is 0 Å². The van der Waals surface area contributed by atoms with E-state index < -0.39 is 12.0 Å². The normalized spacial score (nSPS) is 26.3. The molecule has 1 aromatic carbocycles. The molecule has 0 spiro atoms. The highest BCUT2D eigenvalue weighted by Crippen LogP contribution is 2.42. The van der Waals surface area contributed by atoms with Crippen LogP contribution in [-0.4, -0.2) is 34.5 Å². The molecular weight excluding hydrogens is 290 g/mol. The van der Waals surface area contributed by atoms with Crippen LogP contribution in [0.4, 0.5) is 0 Å². The first-order valence-corrected chi connectivity index (χ1v) is 8.56. The van der Waals surface area contributed by atoms with Crippen molar-refractivity contribution in [1.29, 1.82) is 0 Å². The minimum atomic E-state index is -0.834. The molecule has 4 nitrogen and oxygen atoms in total.